The molecule has 0 bridgehead atoms. The van der Waals surface area contributed by atoms with Gasteiger partial charge in [-0.15, -0.1) is 0 Å². The zero-order valence-electron chi connectivity index (χ0n) is 13.1. The fourth-order valence-corrected chi connectivity index (χ4v) is 2.57. The van der Waals surface area contributed by atoms with E-state index in [1.807, 2.05) is 6.92 Å². The lowest BCUT2D eigenvalue weighted by Gasteiger charge is -2.34. The maximum Gasteiger partial charge on any atom is 0.338 e. The van der Waals surface area contributed by atoms with Gasteiger partial charge in [-0.25, -0.2) is 9.59 Å². The molecule has 1 aliphatic heterocycles. The first-order chi connectivity index (χ1) is 10.5. The Morgan fingerprint density at radius 1 is 1.32 bits per heavy atom. The van der Waals surface area contributed by atoms with Gasteiger partial charge in [0.25, 0.3) is 0 Å². The number of hydrogen-bond donors (Lipinski definition) is 2. The number of nitrogens with one attached hydrogen (secondary N) is 1. The highest BCUT2D eigenvalue weighted by Gasteiger charge is 2.35. The minimum atomic E-state index is -0.532. The van der Waals surface area contributed by atoms with Gasteiger partial charge in [0.2, 0.25) is 0 Å². The first-order valence-electron chi connectivity index (χ1n) is 7.30. The number of hydrogen-bond acceptors (Lipinski definition) is 4. The lowest BCUT2D eigenvalue weighted by atomic mass is 9.95. The van der Waals surface area contributed by atoms with Crippen molar-refractivity contribution in [3.63, 3.8) is 0 Å². The first kappa shape index (κ1) is 15.9. The highest BCUT2D eigenvalue weighted by Crippen LogP contribution is 2.31. The number of nitrogens with zero attached hydrogens (tertiary/aromatic N) is 1. The first-order valence-corrected chi connectivity index (χ1v) is 7.30. The number of anilines is 1. The van der Waals surface area contributed by atoms with Crippen LogP contribution in [0.2, 0.25) is 0 Å². The molecular formula is C16H21N3O3. The minimum absolute atomic E-state index is 0.227. The number of benzene rings is 1. The van der Waals surface area contributed by atoms with Crippen LogP contribution in [0.1, 0.15) is 32.4 Å². The van der Waals surface area contributed by atoms with Crippen molar-refractivity contribution in [2.75, 3.05) is 18.9 Å². The summed E-state index contributed by atoms with van der Waals surface area (Å²) in [6.07, 6.45) is 0. The van der Waals surface area contributed by atoms with E-state index in [1.54, 1.807) is 38.1 Å². The molecule has 0 saturated carbocycles. The Kier molecular flexibility index (Phi) is 4.70. The van der Waals surface area contributed by atoms with Crippen molar-refractivity contribution in [3.05, 3.63) is 41.1 Å². The molecule has 0 unspecified atom stereocenters. The third-order valence-electron chi connectivity index (χ3n) is 3.68. The maximum absolute atomic E-state index is 12.3. The molecule has 118 valence electrons. The van der Waals surface area contributed by atoms with Crippen LogP contribution in [-0.4, -0.2) is 30.1 Å². The zero-order valence-corrected chi connectivity index (χ0v) is 13.1. The summed E-state index contributed by atoms with van der Waals surface area (Å²) in [5.74, 6) is -0.416. The third-order valence-corrected chi connectivity index (χ3v) is 3.68. The Morgan fingerprint density at radius 2 is 1.95 bits per heavy atom. The number of rotatable bonds is 4. The summed E-state index contributed by atoms with van der Waals surface area (Å²) >= 11 is 0. The smallest absolute Gasteiger partial charge is 0.338 e. The fourth-order valence-electron chi connectivity index (χ4n) is 2.57. The van der Waals surface area contributed by atoms with Gasteiger partial charge >= 0.3 is 12.0 Å². The van der Waals surface area contributed by atoms with Crippen molar-refractivity contribution in [2.45, 2.75) is 26.8 Å². The maximum atomic E-state index is 12.3. The minimum Gasteiger partial charge on any atom is -0.463 e. The van der Waals surface area contributed by atoms with Gasteiger partial charge in [-0.05, 0) is 38.5 Å². The molecule has 6 heteroatoms. The highest BCUT2D eigenvalue weighted by atomic mass is 16.5. The van der Waals surface area contributed by atoms with E-state index in [0.29, 0.717) is 23.5 Å². The van der Waals surface area contributed by atoms with E-state index in [0.717, 1.165) is 5.56 Å². The largest absolute Gasteiger partial charge is 0.463 e. The second-order valence-corrected chi connectivity index (χ2v) is 5.01. The molecular weight excluding hydrogens is 282 g/mol. The number of carbonyl (C=O) groups is 2. The summed E-state index contributed by atoms with van der Waals surface area (Å²) in [7, 11) is 0. The van der Waals surface area contributed by atoms with Crippen LogP contribution in [0.3, 0.4) is 0 Å². The van der Waals surface area contributed by atoms with E-state index in [9.17, 15) is 9.59 Å². The van der Waals surface area contributed by atoms with E-state index in [1.165, 1.54) is 4.90 Å². The van der Waals surface area contributed by atoms with Gasteiger partial charge in [0.15, 0.2) is 0 Å². The number of nitrogens with two attached hydrogens (primary N) is 1. The van der Waals surface area contributed by atoms with Crippen LogP contribution < -0.4 is 11.1 Å². The lowest BCUT2D eigenvalue weighted by Crippen LogP contribution is -2.47. The molecule has 0 radical (unpaired) electrons. The molecule has 0 saturated heterocycles. The highest BCUT2D eigenvalue weighted by molar-refractivity contribution is 5.95. The summed E-state index contributed by atoms with van der Waals surface area (Å²) in [6.45, 7) is 6.14. The third kappa shape index (κ3) is 2.90. The standard InChI is InChI=1S/C16H21N3O3/c1-4-19-10(3)13(15(20)22-5-2)14(18-16(19)21)11-6-8-12(17)9-7-11/h6-9,14H,4-5,17H2,1-3H3,(H,18,21)/t14-/m1/s1. The van der Waals surface area contributed by atoms with E-state index in [-0.39, 0.29) is 12.6 Å². The molecule has 1 aliphatic rings. The van der Waals surface area contributed by atoms with Crippen molar-refractivity contribution >= 4 is 17.7 Å². The number of carbonyl (C=O) groups excluding carboxylic acids is 2. The molecule has 2 amide bonds. The van der Waals surface area contributed by atoms with E-state index < -0.39 is 12.0 Å². The molecule has 1 heterocycles. The number of amides is 2. The van der Waals surface area contributed by atoms with Gasteiger partial charge in [0, 0.05) is 17.9 Å². The Balaban J connectivity index is 2.50. The van der Waals surface area contributed by atoms with Crippen LogP contribution >= 0.6 is 0 Å². The second kappa shape index (κ2) is 6.51. The molecule has 3 N–H and O–H groups in total. The normalized spacial score (nSPS) is 18.2. The monoisotopic (exact) mass is 303 g/mol. The van der Waals surface area contributed by atoms with Crippen molar-refractivity contribution in [1.29, 1.82) is 0 Å². The summed E-state index contributed by atoms with van der Waals surface area (Å²) in [5, 5.41) is 2.86. The molecule has 1 aromatic rings. The predicted octanol–water partition coefficient (Wildman–Crippen LogP) is 2.19. The van der Waals surface area contributed by atoms with Gasteiger partial charge in [-0.2, -0.15) is 0 Å². The molecule has 2 rings (SSSR count). The molecule has 0 aromatic heterocycles. The lowest BCUT2D eigenvalue weighted by molar-refractivity contribution is -0.139. The number of allylic oxidation sites excluding steroid dienone is 1. The number of esters is 1. The van der Waals surface area contributed by atoms with Crippen LogP contribution in [0.15, 0.2) is 35.5 Å². The van der Waals surface area contributed by atoms with Gasteiger partial charge in [-0.3, -0.25) is 4.90 Å². The Hall–Kier alpha value is -2.50. The molecule has 0 aliphatic carbocycles. The van der Waals surface area contributed by atoms with E-state index >= 15 is 0 Å². The van der Waals surface area contributed by atoms with Crippen LogP contribution in [0.5, 0.6) is 0 Å². The Labute approximate surface area is 129 Å². The number of ether oxygens (including phenoxy) is 1. The van der Waals surface area contributed by atoms with Crippen LogP contribution in [-0.2, 0) is 9.53 Å². The van der Waals surface area contributed by atoms with Crippen molar-refractivity contribution in [3.8, 4) is 0 Å². The average molecular weight is 303 g/mol. The quantitative estimate of drug-likeness (QED) is 0.659. The van der Waals surface area contributed by atoms with E-state index in [4.69, 9.17) is 10.5 Å². The SMILES string of the molecule is CCOC(=O)C1=C(C)N(CC)C(=O)N[C@@H]1c1ccc(N)cc1. The van der Waals surface area contributed by atoms with Gasteiger partial charge < -0.3 is 15.8 Å². The molecule has 0 fully saturated rings. The summed E-state index contributed by atoms with van der Waals surface area (Å²) in [5.41, 5.74) is 8.18. The van der Waals surface area contributed by atoms with Crippen molar-refractivity contribution < 1.29 is 14.3 Å². The summed E-state index contributed by atoms with van der Waals surface area (Å²) in [6, 6.07) is 6.32. The van der Waals surface area contributed by atoms with Crippen LogP contribution in [0.4, 0.5) is 10.5 Å². The number of urea groups is 1. The Morgan fingerprint density at radius 3 is 2.50 bits per heavy atom. The fraction of sp³-hybridized carbons (Fsp3) is 0.375. The predicted molar refractivity (Wildman–Crippen MR) is 83.8 cm³/mol. The molecule has 0 spiro atoms. The number of nitrogen functional groups attached to an aromatic ring is 1. The van der Waals surface area contributed by atoms with Gasteiger partial charge in [0.1, 0.15) is 0 Å². The van der Waals surface area contributed by atoms with E-state index in [2.05, 4.69) is 5.32 Å². The summed E-state index contributed by atoms with van der Waals surface area (Å²) in [4.78, 5) is 26.1. The van der Waals surface area contributed by atoms with Crippen molar-refractivity contribution in [1.82, 2.24) is 10.2 Å². The topological polar surface area (TPSA) is 84.7 Å². The molecule has 1 aromatic carbocycles. The van der Waals surface area contributed by atoms with Crippen LogP contribution in [0.25, 0.3) is 0 Å². The summed E-state index contributed by atoms with van der Waals surface area (Å²) < 4.78 is 5.16. The Bertz CT molecular complexity index is 608. The van der Waals surface area contributed by atoms with Crippen molar-refractivity contribution in [2.24, 2.45) is 0 Å². The van der Waals surface area contributed by atoms with Crippen LogP contribution in [0, 0.1) is 0 Å². The second-order valence-electron chi connectivity index (χ2n) is 5.01. The average Bonchev–Trinajstić information content (AvgIpc) is 2.48. The van der Waals surface area contributed by atoms with Gasteiger partial charge in [0.05, 0.1) is 18.2 Å². The zero-order chi connectivity index (χ0) is 16.3. The molecule has 22 heavy (non-hydrogen) atoms. The van der Waals surface area contributed by atoms with Gasteiger partial charge in [-0.1, -0.05) is 12.1 Å². The molecule has 1 atom stereocenters. The molecule has 6 nitrogen and oxygen atoms in total.